The first-order valence-electron chi connectivity index (χ1n) is 6.46. The third-order valence-corrected chi connectivity index (χ3v) is 2.92. The van der Waals surface area contributed by atoms with Gasteiger partial charge in [-0.3, -0.25) is 0 Å². The second-order valence-electron chi connectivity index (χ2n) is 4.50. The third kappa shape index (κ3) is 3.61. The molecule has 2 rings (SSSR count). The molecule has 2 aromatic rings. The van der Waals surface area contributed by atoms with Gasteiger partial charge in [0.15, 0.2) is 0 Å². The van der Waals surface area contributed by atoms with Gasteiger partial charge in [0.2, 0.25) is 0 Å². The van der Waals surface area contributed by atoms with Crippen LogP contribution in [0.15, 0.2) is 42.5 Å². The Labute approximate surface area is 112 Å². The van der Waals surface area contributed by atoms with Gasteiger partial charge in [0.05, 0.1) is 0 Å². The first-order valence-corrected chi connectivity index (χ1v) is 6.46. The highest BCUT2D eigenvalue weighted by atomic mass is 19.1. The van der Waals surface area contributed by atoms with Crippen molar-refractivity contribution in [2.75, 3.05) is 6.54 Å². The van der Waals surface area contributed by atoms with E-state index in [1.54, 1.807) is 24.3 Å². The largest absolute Gasteiger partial charge is 0.313 e. The molecule has 0 saturated carbocycles. The van der Waals surface area contributed by atoms with Crippen molar-refractivity contribution in [3.63, 3.8) is 0 Å². The van der Waals surface area contributed by atoms with Gasteiger partial charge in [-0.1, -0.05) is 25.1 Å². The summed E-state index contributed by atoms with van der Waals surface area (Å²) >= 11 is 0. The molecule has 0 unspecified atom stereocenters. The highest BCUT2D eigenvalue weighted by Gasteiger charge is 2.07. The molecule has 0 aliphatic heterocycles. The Morgan fingerprint density at radius 3 is 2.63 bits per heavy atom. The molecular formula is C16H17F2N. The number of benzene rings is 2. The predicted octanol–water partition coefficient (Wildman–Crippen LogP) is 4.13. The Morgan fingerprint density at radius 2 is 1.89 bits per heavy atom. The molecule has 0 fully saturated rings. The molecule has 0 amide bonds. The summed E-state index contributed by atoms with van der Waals surface area (Å²) in [6.45, 7) is 3.71. The van der Waals surface area contributed by atoms with Crippen LogP contribution in [0.1, 0.15) is 18.9 Å². The second kappa shape index (κ2) is 6.43. The third-order valence-electron chi connectivity index (χ3n) is 2.92. The van der Waals surface area contributed by atoms with E-state index in [-0.39, 0.29) is 11.6 Å². The summed E-state index contributed by atoms with van der Waals surface area (Å²) < 4.78 is 27.0. The molecule has 19 heavy (non-hydrogen) atoms. The zero-order chi connectivity index (χ0) is 13.7. The van der Waals surface area contributed by atoms with Gasteiger partial charge in [0, 0.05) is 12.1 Å². The van der Waals surface area contributed by atoms with E-state index < -0.39 is 0 Å². The van der Waals surface area contributed by atoms with Gasteiger partial charge in [-0.05, 0) is 48.4 Å². The standard InChI is InChI=1S/C16H17F2N/c1-2-8-19-11-12-6-7-16(18)15(9-12)13-4-3-5-14(17)10-13/h3-7,9-10,19H,2,8,11H2,1H3. The molecule has 0 spiro atoms. The summed E-state index contributed by atoms with van der Waals surface area (Å²) in [5.41, 5.74) is 2.00. The number of hydrogen-bond donors (Lipinski definition) is 1. The van der Waals surface area contributed by atoms with Crippen molar-refractivity contribution in [1.29, 1.82) is 0 Å². The smallest absolute Gasteiger partial charge is 0.131 e. The average molecular weight is 261 g/mol. The van der Waals surface area contributed by atoms with E-state index in [2.05, 4.69) is 12.2 Å². The van der Waals surface area contributed by atoms with E-state index in [0.717, 1.165) is 18.5 Å². The van der Waals surface area contributed by atoms with Crippen molar-refractivity contribution in [2.45, 2.75) is 19.9 Å². The molecular weight excluding hydrogens is 244 g/mol. The molecule has 1 N–H and O–H groups in total. The van der Waals surface area contributed by atoms with Gasteiger partial charge in [-0.2, -0.15) is 0 Å². The van der Waals surface area contributed by atoms with Gasteiger partial charge in [0.25, 0.3) is 0 Å². The number of nitrogens with one attached hydrogen (secondary N) is 1. The average Bonchev–Trinajstić information content (AvgIpc) is 2.41. The normalized spacial score (nSPS) is 10.7. The molecule has 0 bridgehead atoms. The van der Waals surface area contributed by atoms with E-state index in [1.165, 1.54) is 18.2 Å². The van der Waals surface area contributed by atoms with Crippen molar-refractivity contribution in [2.24, 2.45) is 0 Å². The summed E-state index contributed by atoms with van der Waals surface area (Å²) in [7, 11) is 0. The highest BCUT2D eigenvalue weighted by molar-refractivity contribution is 5.64. The minimum Gasteiger partial charge on any atom is -0.313 e. The minimum absolute atomic E-state index is 0.329. The Balaban J connectivity index is 2.26. The van der Waals surface area contributed by atoms with Crippen LogP contribution < -0.4 is 5.32 Å². The van der Waals surface area contributed by atoms with Gasteiger partial charge in [-0.25, -0.2) is 8.78 Å². The summed E-state index contributed by atoms with van der Waals surface area (Å²) in [5.74, 6) is -0.684. The van der Waals surface area contributed by atoms with Gasteiger partial charge in [0.1, 0.15) is 11.6 Å². The van der Waals surface area contributed by atoms with E-state index in [4.69, 9.17) is 0 Å². The molecule has 0 aromatic heterocycles. The molecule has 100 valence electrons. The fourth-order valence-electron chi connectivity index (χ4n) is 1.97. The lowest BCUT2D eigenvalue weighted by Crippen LogP contribution is -2.13. The van der Waals surface area contributed by atoms with Gasteiger partial charge >= 0.3 is 0 Å². The maximum absolute atomic E-state index is 13.8. The maximum Gasteiger partial charge on any atom is 0.131 e. The Morgan fingerprint density at radius 1 is 1.05 bits per heavy atom. The minimum atomic E-state index is -0.355. The van der Waals surface area contributed by atoms with Crippen LogP contribution >= 0.6 is 0 Å². The summed E-state index contributed by atoms with van der Waals surface area (Å²) in [5, 5.41) is 3.26. The fraction of sp³-hybridized carbons (Fsp3) is 0.250. The Kier molecular flexibility index (Phi) is 4.63. The highest BCUT2D eigenvalue weighted by Crippen LogP contribution is 2.24. The predicted molar refractivity (Wildman–Crippen MR) is 73.8 cm³/mol. The van der Waals surface area contributed by atoms with Crippen molar-refractivity contribution < 1.29 is 8.78 Å². The quantitative estimate of drug-likeness (QED) is 0.798. The molecule has 0 saturated heterocycles. The van der Waals surface area contributed by atoms with Crippen LogP contribution in [0.25, 0.3) is 11.1 Å². The van der Waals surface area contributed by atoms with Crippen LogP contribution in [-0.4, -0.2) is 6.54 Å². The summed E-state index contributed by atoms with van der Waals surface area (Å²) in [4.78, 5) is 0. The second-order valence-corrected chi connectivity index (χ2v) is 4.50. The van der Waals surface area contributed by atoms with Crippen LogP contribution in [0.3, 0.4) is 0 Å². The molecule has 0 atom stereocenters. The molecule has 0 aliphatic carbocycles. The monoisotopic (exact) mass is 261 g/mol. The molecule has 0 radical (unpaired) electrons. The van der Waals surface area contributed by atoms with E-state index in [0.29, 0.717) is 17.7 Å². The van der Waals surface area contributed by atoms with Crippen molar-refractivity contribution >= 4 is 0 Å². The number of rotatable bonds is 5. The fourth-order valence-corrected chi connectivity index (χ4v) is 1.97. The number of hydrogen-bond acceptors (Lipinski definition) is 1. The van der Waals surface area contributed by atoms with Crippen LogP contribution in [-0.2, 0) is 6.54 Å². The van der Waals surface area contributed by atoms with Crippen LogP contribution in [0.5, 0.6) is 0 Å². The Hall–Kier alpha value is -1.74. The topological polar surface area (TPSA) is 12.0 Å². The van der Waals surface area contributed by atoms with Gasteiger partial charge < -0.3 is 5.32 Å². The zero-order valence-electron chi connectivity index (χ0n) is 10.9. The van der Waals surface area contributed by atoms with Crippen molar-refractivity contribution in [3.8, 4) is 11.1 Å². The lowest BCUT2D eigenvalue weighted by Gasteiger charge is -2.08. The van der Waals surface area contributed by atoms with Crippen LogP contribution in [0.2, 0.25) is 0 Å². The van der Waals surface area contributed by atoms with Crippen LogP contribution in [0, 0.1) is 11.6 Å². The van der Waals surface area contributed by atoms with E-state index in [9.17, 15) is 8.78 Å². The van der Waals surface area contributed by atoms with Crippen molar-refractivity contribution in [3.05, 3.63) is 59.7 Å². The lowest BCUT2D eigenvalue weighted by atomic mass is 10.0. The molecule has 3 heteroatoms. The molecule has 1 nitrogen and oxygen atoms in total. The van der Waals surface area contributed by atoms with Gasteiger partial charge in [-0.15, -0.1) is 0 Å². The SMILES string of the molecule is CCCNCc1ccc(F)c(-c2cccc(F)c2)c1. The molecule has 0 heterocycles. The Bertz CT molecular complexity index is 552. The lowest BCUT2D eigenvalue weighted by molar-refractivity contribution is 0.623. The molecule has 2 aromatic carbocycles. The summed E-state index contributed by atoms with van der Waals surface area (Å²) in [6.07, 6.45) is 1.05. The van der Waals surface area contributed by atoms with Crippen molar-refractivity contribution in [1.82, 2.24) is 5.32 Å². The summed E-state index contributed by atoms with van der Waals surface area (Å²) in [6, 6.07) is 11.0. The zero-order valence-corrected chi connectivity index (χ0v) is 10.9. The van der Waals surface area contributed by atoms with Crippen LogP contribution in [0.4, 0.5) is 8.78 Å². The molecule has 0 aliphatic rings. The maximum atomic E-state index is 13.8. The van der Waals surface area contributed by atoms with E-state index in [1.807, 2.05) is 0 Å². The first kappa shape index (κ1) is 13.7. The number of halogens is 2. The first-order chi connectivity index (χ1) is 9.20. The van der Waals surface area contributed by atoms with E-state index >= 15 is 0 Å².